The Labute approximate surface area is 137 Å². The molecule has 0 saturated heterocycles. The van der Waals surface area contributed by atoms with Gasteiger partial charge in [0.05, 0.1) is 12.4 Å². The summed E-state index contributed by atoms with van der Waals surface area (Å²) in [6, 6.07) is 8.91. The van der Waals surface area contributed by atoms with Crippen molar-refractivity contribution in [3.05, 3.63) is 35.9 Å². The Bertz CT molecular complexity index is 546. The molecular formula is C15H25NO4S2. The fraction of sp³-hybridized carbons (Fsp3) is 0.600. The van der Waals surface area contributed by atoms with Crippen molar-refractivity contribution in [3.8, 4) is 0 Å². The molecule has 0 saturated carbocycles. The molecule has 0 aliphatic rings. The third-order valence-corrected chi connectivity index (χ3v) is 6.53. The van der Waals surface area contributed by atoms with E-state index in [1.165, 1.54) is 18.9 Å². The van der Waals surface area contributed by atoms with Crippen LogP contribution in [0, 0.1) is 0 Å². The number of ether oxygens (including phenoxy) is 1. The summed E-state index contributed by atoms with van der Waals surface area (Å²) in [5.41, 5.74) is -0.125. The van der Waals surface area contributed by atoms with E-state index in [1.54, 1.807) is 13.8 Å². The molecule has 7 heteroatoms. The Balaban J connectivity index is 2.90. The lowest BCUT2D eigenvalue weighted by Gasteiger charge is -2.30. The van der Waals surface area contributed by atoms with E-state index >= 15 is 0 Å². The van der Waals surface area contributed by atoms with Crippen molar-refractivity contribution < 1.29 is 18.3 Å². The second kappa shape index (κ2) is 8.31. The molecule has 0 fully saturated rings. The van der Waals surface area contributed by atoms with E-state index in [0.29, 0.717) is 0 Å². The van der Waals surface area contributed by atoms with Crippen LogP contribution in [0.1, 0.15) is 19.4 Å². The highest BCUT2D eigenvalue weighted by Gasteiger charge is 2.34. The zero-order valence-corrected chi connectivity index (χ0v) is 15.1. The Morgan fingerprint density at radius 3 is 2.41 bits per heavy atom. The first kappa shape index (κ1) is 19.4. The van der Waals surface area contributed by atoms with Crippen LogP contribution in [0.4, 0.5) is 0 Å². The van der Waals surface area contributed by atoms with Gasteiger partial charge in [-0.2, -0.15) is 11.8 Å². The quantitative estimate of drug-likeness (QED) is 0.709. The fourth-order valence-electron chi connectivity index (χ4n) is 2.25. The summed E-state index contributed by atoms with van der Waals surface area (Å²) in [5, 5.41) is 9.09. The van der Waals surface area contributed by atoms with Gasteiger partial charge in [0.1, 0.15) is 5.60 Å². The van der Waals surface area contributed by atoms with Crippen molar-refractivity contribution in [1.29, 1.82) is 0 Å². The normalized spacial score (nSPS) is 17.7. The monoisotopic (exact) mass is 347 g/mol. The number of benzene rings is 1. The summed E-state index contributed by atoms with van der Waals surface area (Å²) in [5.74, 6) is -0.183. The molecule has 22 heavy (non-hydrogen) atoms. The lowest BCUT2D eigenvalue weighted by molar-refractivity contribution is 0.0220. The van der Waals surface area contributed by atoms with Gasteiger partial charge in [0, 0.05) is 18.4 Å². The SMILES string of the molecule is CO[C@](C)(CS(=O)(=O)N[C@@H](C)[C@H](CO)SC)c1ccccc1. The van der Waals surface area contributed by atoms with Crippen LogP contribution >= 0.6 is 11.8 Å². The molecule has 126 valence electrons. The van der Waals surface area contributed by atoms with E-state index in [9.17, 15) is 13.5 Å². The molecule has 2 N–H and O–H groups in total. The van der Waals surface area contributed by atoms with Crippen LogP contribution in [-0.4, -0.2) is 50.5 Å². The van der Waals surface area contributed by atoms with Crippen molar-refractivity contribution in [3.63, 3.8) is 0 Å². The minimum Gasteiger partial charge on any atom is -0.395 e. The maximum atomic E-state index is 12.4. The summed E-state index contributed by atoms with van der Waals surface area (Å²) in [4.78, 5) is 0. The standard InChI is InChI=1S/C15H25NO4S2/c1-12(14(10-17)21-4)16-22(18,19)11-15(2,20-3)13-8-6-5-7-9-13/h5-9,12,14,16-17H,10-11H2,1-4H3/t12-,14-,15+/m0/s1. The van der Waals surface area contributed by atoms with E-state index in [-0.39, 0.29) is 23.7 Å². The van der Waals surface area contributed by atoms with Gasteiger partial charge < -0.3 is 9.84 Å². The van der Waals surface area contributed by atoms with Gasteiger partial charge in [-0.1, -0.05) is 30.3 Å². The maximum Gasteiger partial charge on any atom is 0.215 e. The van der Waals surface area contributed by atoms with E-state index in [0.717, 1.165) is 5.56 Å². The van der Waals surface area contributed by atoms with Gasteiger partial charge in [0.25, 0.3) is 0 Å². The van der Waals surface area contributed by atoms with Gasteiger partial charge in [-0.05, 0) is 25.7 Å². The highest BCUT2D eigenvalue weighted by molar-refractivity contribution is 7.99. The van der Waals surface area contributed by atoms with Gasteiger partial charge in [0.2, 0.25) is 10.0 Å². The molecule has 0 spiro atoms. The number of sulfonamides is 1. The Kier molecular flexibility index (Phi) is 7.34. The average molecular weight is 348 g/mol. The van der Waals surface area contributed by atoms with Crippen LogP contribution < -0.4 is 4.72 Å². The lowest BCUT2D eigenvalue weighted by atomic mass is 9.98. The van der Waals surface area contributed by atoms with E-state index in [4.69, 9.17) is 4.74 Å². The minimum atomic E-state index is -3.56. The van der Waals surface area contributed by atoms with Gasteiger partial charge in [-0.3, -0.25) is 0 Å². The predicted octanol–water partition coefficient (Wildman–Crippen LogP) is 1.58. The molecule has 0 heterocycles. The van der Waals surface area contributed by atoms with Crippen molar-refractivity contribution in [2.24, 2.45) is 0 Å². The molecule has 0 aliphatic carbocycles. The molecule has 0 aliphatic heterocycles. The van der Waals surface area contributed by atoms with Crippen molar-refractivity contribution in [2.75, 3.05) is 25.7 Å². The van der Waals surface area contributed by atoms with E-state index in [1.807, 2.05) is 36.6 Å². The zero-order chi connectivity index (χ0) is 16.8. The number of aliphatic hydroxyl groups is 1. The number of thioether (sulfide) groups is 1. The average Bonchev–Trinajstić information content (AvgIpc) is 2.48. The molecule has 3 atom stereocenters. The lowest BCUT2D eigenvalue weighted by Crippen LogP contribution is -2.46. The van der Waals surface area contributed by atoms with Gasteiger partial charge in [0.15, 0.2) is 0 Å². The second-order valence-electron chi connectivity index (χ2n) is 5.42. The predicted molar refractivity (Wildman–Crippen MR) is 91.6 cm³/mol. The van der Waals surface area contributed by atoms with Crippen LogP contribution in [0.5, 0.6) is 0 Å². The summed E-state index contributed by atoms with van der Waals surface area (Å²) in [6.45, 7) is 3.43. The molecule has 1 rings (SSSR count). The molecule has 0 unspecified atom stereocenters. The smallest absolute Gasteiger partial charge is 0.215 e. The number of hydrogen-bond donors (Lipinski definition) is 2. The molecule has 1 aromatic carbocycles. The number of aliphatic hydroxyl groups excluding tert-OH is 1. The van der Waals surface area contributed by atoms with Crippen LogP contribution in [0.15, 0.2) is 30.3 Å². The summed E-state index contributed by atoms with van der Waals surface area (Å²) < 4.78 is 33.0. The molecule has 0 aromatic heterocycles. The first-order chi connectivity index (χ1) is 10.3. The van der Waals surface area contributed by atoms with Gasteiger partial charge in [-0.15, -0.1) is 0 Å². The zero-order valence-electron chi connectivity index (χ0n) is 13.4. The van der Waals surface area contributed by atoms with Gasteiger partial charge in [-0.25, -0.2) is 13.1 Å². The second-order valence-corrected chi connectivity index (χ2v) is 8.25. The van der Waals surface area contributed by atoms with Crippen molar-refractivity contribution in [2.45, 2.75) is 30.7 Å². The van der Waals surface area contributed by atoms with Crippen LogP contribution in [0.2, 0.25) is 0 Å². The highest BCUT2D eigenvalue weighted by atomic mass is 32.2. The summed E-state index contributed by atoms with van der Waals surface area (Å²) in [6.07, 6.45) is 1.84. The number of nitrogens with one attached hydrogen (secondary N) is 1. The fourth-order valence-corrected chi connectivity index (χ4v) is 4.79. The largest absolute Gasteiger partial charge is 0.395 e. The van der Waals surface area contributed by atoms with Crippen molar-refractivity contribution in [1.82, 2.24) is 4.72 Å². The molecule has 0 amide bonds. The van der Waals surface area contributed by atoms with Crippen molar-refractivity contribution >= 4 is 21.8 Å². The van der Waals surface area contributed by atoms with E-state index < -0.39 is 15.6 Å². The maximum absolute atomic E-state index is 12.4. The first-order valence-electron chi connectivity index (χ1n) is 7.02. The Hall–Kier alpha value is -0.600. The summed E-state index contributed by atoms with van der Waals surface area (Å²) >= 11 is 1.43. The number of methoxy groups -OCH3 is 1. The molecular weight excluding hydrogens is 322 g/mol. The topological polar surface area (TPSA) is 75.6 Å². The molecule has 0 bridgehead atoms. The van der Waals surface area contributed by atoms with Crippen LogP contribution in [0.3, 0.4) is 0 Å². The molecule has 0 radical (unpaired) electrons. The molecule has 1 aromatic rings. The number of hydrogen-bond acceptors (Lipinski definition) is 5. The van der Waals surface area contributed by atoms with E-state index in [2.05, 4.69) is 4.72 Å². The number of rotatable bonds is 9. The first-order valence-corrected chi connectivity index (χ1v) is 9.96. The Morgan fingerprint density at radius 2 is 1.95 bits per heavy atom. The molecule has 5 nitrogen and oxygen atoms in total. The van der Waals surface area contributed by atoms with Crippen LogP contribution in [-0.2, 0) is 20.4 Å². The minimum absolute atomic E-state index is 0.0783. The third-order valence-electron chi connectivity index (χ3n) is 3.71. The van der Waals surface area contributed by atoms with Gasteiger partial charge >= 0.3 is 0 Å². The highest BCUT2D eigenvalue weighted by Crippen LogP contribution is 2.26. The Morgan fingerprint density at radius 1 is 1.36 bits per heavy atom. The van der Waals surface area contributed by atoms with Crippen LogP contribution in [0.25, 0.3) is 0 Å². The summed E-state index contributed by atoms with van der Waals surface area (Å²) in [7, 11) is -2.06. The third kappa shape index (κ3) is 5.24.